The summed E-state index contributed by atoms with van der Waals surface area (Å²) >= 11 is 17.5. The summed E-state index contributed by atoms with van der Waals surface area (Å²) in [5, 5.41) is 2.14. The molecule has 9 heteroatoms. The Hall–Kier alpha value is -1.76. The molecule has 1 saturated carbocycles. The van der Waals surface area contributed by atoms with Gasteiger partial charge in [0.25, 0.3) is 0 Å². The van der Waals surface area contributed by atoms with Gasteiger partial charge in [0, 0.05) is 17.5 Å². The number of halogens is 7. The zero-order chi connectivity index (χ0) is 22.1. The van der Waals surface area contributed by atoms with Crippen molar-refractivity contribution in [2.45, 2.75) is 31.5 Å². The molecule has 1 atom stereocenters. The second-order valence-corrected chi connectivity index (χ2v) is 8.24. The fourth-order valence-corrected chi connectivity index (χ4v) is 3.61. The number of hydrogen-bond acceptors (Lipinski definition) is 1. The van der Waals surface area contributed by atoms with Crippen molar-refractivity contribution in [3.05, 3.63) is 74.0 Å². The number of alkyl halides is 3. The van der Waals surface area contributed by atoms with Gasteiger partial charge in [-0.2, -0.15) is 13.2 Å². The van der Waals surface area contributed by atoms with Gasteiger partial charge < -0.3 is 5.32 Å². The van der Waals surface area contributed by atoms with Crippen LogP contribution in [0.25, 0.3) is 6.08 Å². The van der Waals surface area contributed by atoms with E-state index in [1.165, 1.54) is 12.1 Å². The summed E-state index contributed by atoms with van der Waals surface area (Å²) in [5.74, 6) is -2.97. The average molecular weight is 481 g/mol. The van der Waals surface area contributed by atoms with Crippen LogP contribution in [0.4, 0.5) is 17.6 Å². The Labute approximate surface area is 185 Å². The second-order valence-electron chi connectivity index (χ2n) is 7.02. The standard InChI is InChI=1S/C21H16Cl3F4NO/c22-16-7-11(1-3-13(16)10-29-20(30)12-4-5-12)2-6-15(21(26,27)28)14-8-17(23)19(25)18(24)9-14/h1-3,6-9,12,15H,4-5,10H2,(H,29,30)/b6-2+. The normalized spacial score (nSPS) is 15.4. The Kier molecular flexibility index (Phi) is 7.00. The maximum atomic E-state index is 13.6. The lowest BCUT2D eigenvalue weighted by molar-refractivity contribution is -0.139. The summed E-state index contributed by atoms with van der Waals surface area (Å²) in [5.41, 5.74) is 0.818. The summed E-state index contributed by atoms with van der Waals surface area (Å²) < 4.78 is 54.3. The van der Waals surface area contributed by atoms with E-state index in [4.69, 9.17) is 34.8 Å². The predicted molar refractivity (Wildman–Crippen MR) is 110 cm³/mol. The minimum atomic E-state index is -4.64. The molecule has 0 aromatic heterocycles. The molecule has 1 aliphatic carbocycles. The van der Waals surface area contributed by atoms with Crippen LogP contribution in [0.2, 0.25) is 15.1 Å². The highest BCUT2D eigenvalue weighted by Crippen LogP contribution is 2.39. The summed E-state index contributed by atoms with van der Waals surface area (Å²) in [6.45, 7) is 0.246. The topological polar surface area (TPSA) is 29.1 Å². The van der Waals surface area contributed by atoms with Gasteiger partial charge in [-0.25, -0.2) is 4.39 Å². The van der Waals surface area contributed by atoms with Crippen LogP contribution in [-0.4, -0.2) is 12.1 Å². The molecule has 1 aliphatic rings. The van der Waals surface area contributed by atoms with Crippen LogP contribution >= 0.6 is 34.8 Å². The van der Waals surface area contributed by atoms with Crippen molar-refractivity contribution < 1.29 is 22.4 Å². The van der Waals surface area contributed by atoms with Crippen LogP contribution in [-0.2, 0) is 11.3 Å². The van der Waals surface area contributed by atoms with E-state index in [9.17, 15) is 22.4 Å². The Morgan fingerprint density at radius 3 is 2.27 bits per heavy atom. The van der Waals surface area contributed by atoms with E-state index in [1.54, 1.807) is 12.1 Å². The number of allylic oxidation sites excluding steroid dienone is 1. The SMILES string of the molecule is O=C(NCc1ccc(/C=C/C(c2cc(Cl)c(F)c(Cl)c2)C(F)(F)F)cc1Cl)C1CC1. The van der Waals surface area contributed by atoms with Gasteiger partial charge in [0.05, 0.1) is 16.0 Å². The van der Waals surface area contributed by atoms with Gasteiger partial charge in [0.15, 0.2) is 5.82 Å². The van der Waals surface area contributed by atoms with Gasteiger partial charge in [0.1, 0.15) is 0 Å². The number of hydrogen-bond donors (Lipinski definition) is 1. The monoisotopic (exact) mass is 479 g/mol. The Bertz CT molecular complexity index is 964. The minimum Gasteiger partial charge on any atom is -0.352 e. The van der Waals surface area contributed by atoms with Crippen LogP contribution < -0.4 is 5.32 Å². The van der Waals surface area contributed by atoms with E-state index in [0.29, 0.717) is 16.1 Å². The van der Waals surface area contributed by atoms with E-state index >= 15 is 0 Å². The molecular formula is C21H16Cl3F4NO. The molecule has 30 heavy (non-hydrogen) atoms. The van der Waals surface area contributed by atoms with Gasteiger partial charge in [-0.15, -0.1) is 0 Å². The highest BCUT2D eigenvalue weighted by Gasteiger charge is 2.39. The van der Waals surface area contributed by atoms with Crippen LogP contribution in [0, 0.1) is 11.7 Å². The van der Waals surface area contributed by atoms with Crippen molar-refractivity contribution in [2.24, 2.45) is 5.92 Å². The molecule has 2 nitrogen and oxygen atoms in total. The quantitative estimate of drug-likeness (QED) is 0.345. The molecule has 0 saturated heterocycles. The molecule has 0 aliphatic heterocycles. The number of carbonyl (C=O) groups is 1. The van der Waals surface area contributed by atoms with Crippen LogP contribution in [0.1, 0.15) is 35.4 Å². The third kappa shape index (κ3) is 5.68. The van der Waals surface area contributed by atoms with Crippen molar-refractivity contribution in [3.8, 4) is 0 Å². The first-order chi connectivity index (χ1) is 14.1. The summed E-state index contributed by atoms with van der Waals surface area (Å²) in [4.78, 5) is 11.7. The highest BCUT2D eigenvalue weighted by atomic mass is 35.5. The van der Waals surface area contributed by atoms with Gasteiger partial charge in [-0.3, -0.25) is 4.79 Å². The van der Waals surface area contributed by atoms with Gasteiger partial charge in [-0.1, -0.05) is 59.1 Å². The Balaban J connectivity index is 1.78. The molecule has 160 valence electrons. The Morgan fingerprint density at radius 1 is 1.10 bits per heavy atom. The van der Waals surface area contributed by atoms with Gasteiger partial charge >= 0.3 is 6.18 Å². The van der Waals surface area contributed by atoms with E-state index in [-0.39, 0.29) is 23.9 Å². The van der Waals surface area contributed by atoms with Crippen molar-refractivity contribution >= 4 is 46.8 Å². The summed E-state index contributed by atoms with van der Waals surface area (Å²) in [7, 11) is 0. The maximum Gasteiger partial charge on any atom is 0.399 e. The molecular weight excluding hydrogens is 465 g/mol. The van der Waals surface area contributed by atoms with Crippen molar-refractivity contribution in [1.82, 2.24) is 5.32 Å². The molecule has 3 rings (SSSR count). The number of benzene rings is 2. The molecule has 1 N–H and O–H groups in total. The highest BCUT2D eigenvalue weighted by molar-refractivity contribution is 6.35. The number of amides is 1. The van der Waals surface area contributed by atoms with Gasteiger partial charge in [-0.05, 0) is 47.7 Å². The van der Waals surface area contributed by atoms with Crippen molar-refractivity contribution in [1.29, 1.82) is 0 Å². The molecule has 0 spiro atoms. The largest absolute Gasteiger partial charge is 0.399 e. The lowest BCUT2D eigenvalue weighted by atomic mass is 9.97. The smallest absolute Gasteiger partial charge is 0.352 e. The first-order valence-electron chi connectivity index (χ1n) is 9.01. The zero-order valence-corrected chi connectivity index (χ0v) is 17.6. The van der Waals surface area contributed by atoms with E-state index in [1.807, 2.05) is 0 Å². The third-order valence-electron chi connectivity index (χ3n) is 4.68. The van der Waals surface area contributed by atoms with E-state index in [2.05, 4.69) is 5.32 Å². The molecule has 0 heterocycles. The van der Waals surface area contributed by atoms with Gasteiger partial charge in [0.2, 0.25) is 5.91 Å². The molecule has 0 radical (unpaired) electrons. The van der Waals surface area contributed by atoms with Crippen molar-refractivity contribution in [2.75, 3.05) is 0 Å². The molecule has 2 aromatic carbocycles. The van der Waals surface area contributed by atoms with E-state index < -0.39 is 28.0 Å². The molecule has 0 bridgehead atoms. The fourth-order valence-electron chi connectivity index (χ4n) is 2.85. The average Bonchev–Trinajstić information content (AvgIpc) is 3.49. The molecule has 2 aromatic rings. The first kappa shape index (κ1) is 22.9. The molecule has 1 amide bonds. The molecule has 1 unspecified atom stereocenters. The summed E-state index contributed by atoms with van der Waals surface area (Å²) in [6, 6.07) is 6.56. The van der Waals surface area contributed by atoms with Crippen LogP contribution in [0.5, 0.6) is 0 Å². The van der Waals surface area contributed by atoms with E-state index in [0.717, 1.165) is 31.1 Å². The summed E-state index contributed by atoms with van der Waals surface area (Å²) in [6.07, 6.45) is -0.679. The minimum absolute atomic E-state index is 0.0281. The lowest BCUT2D eigenvalue weighted by Crippen LogP contribution is -2.24. The first-order valence-corrected chi connectivity index (χ1v) is 10.1. The number of nitrogens with one attached hydrogen (secondary N) is 1. The number of rotatable bonds is 6. The molecule has 1 fully saturated rings. The van der Waals surface area contributed by atoms with Crippen LogP contribution in [0.3, 0.4) is 0 Å². The Morgan fingerprint density at radius 2 is 1.73 bits per heavy atom. The zero-order valence-electron chi connectivity index (χ0n) is 15.4. The van der Waals surface area contributed by atoms with Crippen molar-refractivity contribution in [3.63, 3.8) is 0 Å². The van der Waals surface area contributed by atoms with Crippen LogP contribution in [0.15, 0.2) is 36.4 Å². The second kappa shape index (κ2) is 9.16. The third-order valence-corrected chi connectivity index (χ3v) is 5.58. The predicted octanol–water partition coefficient (Wildman–Crippen LogP) is 7.17. The lowest BCUT2D eigenvalue weighted by Gasteiger charge is -2.18. The maximum absolute atomic E-state index is 13.6. The fraction of sp³-hybridized carbons (Fsp3) is 0.286. The number of carbonyl (C=O) groups excluding carboxylic acids is 1.